The molecule has 2 rings (SSSR count). The first-order chi connectivity index (χ1) is 8.74. The van der Waals surface area contributed by atoms with Crippen LogP contribution in [0.2, 0.25) is 0 Å². The average Bonchev–Trinajstić information content (AvgIpc) is 2.40. The monoisotopic (exact) mass is 250 g/mol. The molecule has 1 aromatic rings. The normalized spacial score (nSPS) is 17.1. The van der Waals surface area contributed by atoms with Gasteiger partial charge < -0.3 is 20.8 Å². The van der Waals surface area contributed by atoms with E-state index >= 15 is 0 Å². The van der Waals surface area contributed by atoms with Gasteiger partial charge in [0, 0.05) is 19.7 Å². The lowest BCUT2D eigenvalue weighted by Gasteiger charge is -2.34. The van der Waals surface area contributed by atoms with Crippen molar-refractivity contribution in [3.8, 4) is 0 Å². The molecule has 0 radical (unpaired) electrons. The summed E-state index contributed by atoms with van der Waals surface area (Å²) in [6.45, 7) is 2.31. The summed E-state index contributed by atoms with van der Waals surface area (Å²) in [5.74, 6) is 0.643. The van der Waals surface area contributed by atoms with Gasteiger partial charge in [-0.05, 0) is 42.9 Å². The Bertz CT molecular complexity index is 387. The van der Waals surface area contributed by atoms with Crippen molar-refractivity contribution in [3.05, 3.63) is 23.8 Å². The van der Waals surface area contributed by atoms with E-state index in [0.29, 0.717) is 5.92 Å². The topological polar surface area (TPSA) is 69.7 Å². The molecule has 1 aromatic carbocycles. The van der Waals surface area contributed by atoms with Crippen LogP contribution in [0.4, 0.5) is 11.4 Å². The van der Waals surface area contributed by atoms with Gasteiger partial charge in [0.1, 0.15) is 0 Å². The van der Waals surface area contributed by atoms with Crippen molar-refractivity contribution in [3.63, 3.8) is 0 Å². The van der Waals surface area contributed by atoms with Crippen molar-refractivity contribution in [2.45, 2.75) is 25.9 Å². The van der Waals surface area contributed by atoms with Crippen molar-refractivity contribution in [1.82, 2.24) is 0 Å². The number of benzene rings is 1. The fraction of sp³-hybridized carbons (Fsp3) is 0.571. The molecule has 1 heterocycles. The number of aliphatic hydroxyl groups excluding tert-OH is 2. The van der Waals surface area contributed by atoms with E-state index < -0.39 is 0 Å². The maximum Gasteiger partial charge on any atom is 0.0682 e. The molecule has 0 saturated carbocycles. The maximum atomic E-state index is 9.06. The second-order valence-corrected chi connectivity index (χ2v) is 4.99. The van der Waals surface area contributed by atoms with Gasteiger partial charge in [-0.15, -0.1) is 0 Å². The molecule has 1 aliphatic rings. The van der Waals surface area contributed by atoms with Crippen LogP contribution in [0, 0.1) is 5.92 Å². The van der Waals surface area contributed by atoms with Crippen LogP contribution in [0.1, 0.15) is 24.8 Å². The Balaban J connectivity index is 2.01. The Morgan fingerprint density at radius 2 is 1.94 bits per heavy atom. The number of piperidine rings is 1. The summed E-state index contributed by atoms with van der Waals surface area (Å²) >= 11 is 0. The van der Waals surface area contributed by atoms with E-state index in [9.17, 15) is 0 Å². The Morgan fingerprint density at radius 1 is 1.22 bits per heavy atom. The van der Waals surface area contributed by atoms with E-state index in [-0.39, 0.29) is 13.2 Å². The van der Waals surface area contributed by atoms with Gasteiger partial charge >= 0.3 is 0 Å². The summed E-state index contributed by atoms with van der Waals surface area (Å²) in [7, 11) is 0. The van der Waals surface area contributed by atoms with Crippen LogP contribution >= 0.6 is 0 Å². The van der Waals surface area contributed by atoms with Gasteiger partial charge in [0.2, 0.25) is 0 Å². The third-order valence-electron chi connectivity index (χ3n) is 3.77. The third kappa shape index (κ3) is 2.94. The molecule has 0 aromatic heterocycles. The molecule has 1 fully saturated rings. The average molecular weight is 250 g/mol. The molecule has 1 saturated heterocycles. The zero-order chi connectivity index (χ0) is 13.0. The first-order valence-corrected chi connectivity index (χ1v) is 6.59. The molecule has 0 unspecified atom stereocenters. The van der Waals surface area contributed by atoms with Crippen LogP contribution in [0.25, 0.3) is 0 Å². The standard InChI is InChI=1S/C14H22N2O2/c15-13-9-12(10-18)1-2-14(13)16-6-3-11(4-7-16)5-8-17/h1-2,9,11,17-18H,3-8,10,15H2. The minimum absolute atomic E-state index is 0.0308. The molecule has 18 heavy (non-hydrogen) atoms. The molecular formula is C14H22N2O2. The summed E-state index contributed by atoms with van der Waals surface area (Å²) in [5.41, 5.74) is 8.68. The maximum absolute atomic E-state index is 9.06. The van der Waals surface area contributed by atoms with Crippen LogP contribution in [-0.2, 0) is 6.61 Å². The predicted molar refractivity (Wildman–Crippen MR) is 73.4 cm³/mol. The van der Waals surface area contributed by atoms with E-state index in [1.165, 1.54) is 0 Å². The van der Waals surface area contributed by atoms with Crippen LogP contribution in [0.3, 0.4) is 0 Å². The molecule has 0 spiro atoms. The molecule has 4 heteroatoms. The van der Waals surface area contributed by atoms with Crippen LogP contribution in [0.15, 0.2) is 18.2 Å². The van der Waals surface area contributed by atoms with E-state index in [2.05, 4.69) is 4.90 Å². The largest absolute Gasteiger partial charge is 0.397 e. The Hall–Kier alpha value is -1.26. The number of hydrogen-bond donors (Lipinski definition) is 3. The lowest BCUT2D eigenvalue weighted by atomic mass is 9.93. The smallest absolute Gasteiger partial charge is 0.0682 e. The Labute approximate surface area is 108 Å². The van der Waals surface area contributed by atoms with E-state index in [1.54, 1.807) is 0 Å². The minimum atomic E-state index is 0.0308. The number of nitrogens with zero attached hydrogens (tertiary/aromatic N) is 1. The van der Waals surface area contributed by atoms with Crippen molar-refractivity contribution >= 4 is 11.4 Å². The van der Waals surface area contributed by atoms with Crippen LogP contribution < -0.4 is 10.6 Å². The third-order valence-corrected chi connectivity index (χ3v) is 3.77. The van der Waals surface area contributed by atoms with Gasteiger partial charge in [0.05, 0.1) is 18.0 Å². The summed E-state index contributed by atoms with van der Waals surface area (Å²) in [4.78, 5) is 2.30. The summed E-state index contributed by atoms with van der Waals surface area (Å²) in [5, 5.41) is 18.0. The SMILES string of the molecule is Nc1cc(CO)ccc1N1CCC(CCO)CC1. The van der Waals surface area contributed by atoms with Gasteiger partial charge in [-0.25, -0.2) is 0 Å². The molecule has 0 atom stereocenters. The zero-order valence-electron chi connectivity index (χ0n) is 10.7. The Morgan fingerprint density at radius 3 is 2.50 bits per heavy atom. The lowest BCUT2D eigenvalue weighted by Crippen LogP contribution is -2.34. The number of anilines is 2. The molecule has 4 nitrogen and oxygen atoms in total. The van der Waals surface area contributed by atoms with Crippen molar-refractivity contribution in [2.75, 3.05) is 30.3 Å². The number of hydrogen-bond acceptors (Lipinski definition) is 4. The van der Waals surface area contributed by atoms with Gasteiger partial charge in [-0.3, -0.25) is 0 Å². The van der Waals surface area contributed by atoms with E-state index in [4.69, 9.17) is 15.9 Å². The summed E-state index contributed by atoms with van der Waals surface area (Å²) in [6.07, 6.45) is 3.14. The molecule has 0 bridgehead atoms. The van der Waals surface area contributed by atoms with Crippen LogP contribution in [-0.4, -0.2) is 29.9 Å². The number of nitrogen functional groups attached to an aromatic ring is 1. The molecule has 0 aliphatic carbocycles. The molecular weight excluding hydrogens is 228 g/mol. The van der Waals surface area contributed by atoms with Crippen molar-refractivity contribution in [2.24, 2.45) is 5.92 Å². The van der Waals surface area contributed by atoms with Crippen molar-refractivity contribution < 1.29 is 10.2 Å². The highest BCUT2D eigenvalue weighted by atomic mass is 16.3. The molecule has 0 amide bonds. The zero-order valence-corrected chi connectivity index (χ0v) is 10.7. The highest BCUT2D eigenvalue weighted by molar-refractivity contribution is 5.68. The molecule has 4 N–H and O–H groups in total. The van der Waals surface area contributed by atoms with Gasteiger partial charge in [0.25, 0.3) is 0 Å². The highest BCUT2D eigenvalue weighted by Crippen LogP contribution is 2.29. The second-order valence-electron chi connectivity index (χ2n) is 4.99. The summed E-state index contributed by atoms with van der Waals surface area (Å²) in [6, 6.07) is 5.76. The lowest BCUT2D eigenvalue weighted by molar-refractivity contribution is 0.240. The fourth-order valence-electron chi connectivity index (χ4n) is 2.64. The first kappa shape index (κ1) is 13.2. The highest BCUT2D eigenvalue weighted by Gasteiger charge is 2.20. The quantitative estimate of drug-likeness (QED) is 0.706. The number of rotatable bonds is 4. The number of aliphatic hydroxyl groups is 2. The van der Waals surface area contributed by atoms with Crippen LogP contribution in [0.5, 0.6) is 0 Å². The molecule has 1 aliphatic heterocycles. The van der Waals surface area contributed by atoms with Gasteiger partial charge in [-0.1, -0.05) is 6.07 Å². The number of nitrogens with two attached hydrogens (primary N) is 1. The second kappa shape index (κ2) is 6.07. The Kier molecular flexibility index (Phi) is 4.44. The van der Waals surface area contributed by atoms with Crippen molar-refractivity contribution in [1.29, 1.82) is 0 Å². The fourth-order valence-corrected chi connectivity index (χ4v) is 2.64. The molecule has 100 valence electrons. The summed E-state index contributed by atoms with van der Waals surface area (Å²) < 4.78 is 0. The minimum Gasteiger partial charge on any atom is -0.397 e. The first-order valence-electron chi connectivity index (χ1n) is 6.59. The van der Waals surface area contributed by atoms with Gasteiger partial charge in [0.15, 0.2) is 0 Å². The van der Waals surface area contributed by atoms with Gasteiger partial charge in [-0.2, -0.15) is 0 Å². The van der Waals surface area contributed by atoms with E-state index in [0.717, 1.165) is 49.3 Å². The predicted octanol–water partition coefficient (Wildman–Crippen LogP) is 1.36. The van der Waals surface area contributed by atoms with E-state index in [1.807, 2.05) is 18.2 Å².